The minimum Gasteiger partial charge on any atom is -0.260 e. The molecule has 12 rings (SSSR count). The average molecular weight is 1030 g/mol. The molecule has 0 unspecified atom stereocenters. The first-order chi connectivity index (χ1) is 37.9. The minimum absolute atomic E-state index is 0.0526. The molecule has 6 aromatic rings. The summed E-state index contributed by atoms with van der Waals surface area (Å²) in [6.07, 6.45) is 2.29. The van der Waals surface area contributed by atoms with Crippen LogP contribution in [0.4, 0.5) is 26.3 Å². The van der Waals surface area contributed by atoms with Gasteiger partial charge < -0.3 is 0 Å². The van der Waals surface area contributed by atoms with E-state index in [9.17, 15) is 26.3 Å². The van der Waals surface area contributed by atoms with E-state index in [1.807, 2.05) is 20.8 Å². The summed E-state index contributed by atoms with van der Waals surface area (Å²) in [5.74, 6) is -2.32. The van der Waals surface area contributed by atoms with E-state index in [0.29, 0.717) is 158 Å². The van der Waals surface area contributed by atoms with Gasteiger partial charge in [-0.2, -0.15) is 0 Å². The molecule has 0 saturated carbocycles. The van der Waals surface area contributed by atoms with Gasteiger partial charge in [0.15, 0.2) is 0 Å². The third-order valence-electron chi connectivity index (χ3n) is 14.0. The van der Waals surface area contributed by atoms with Crippen LogP contribution in [0.15, 0.2) is 96.3 Å². The Kier molecular flexibility index (Phi) is 16.5. The van der Waals surface area contributed by atoms with Crippen LogP contribution in [0.2, 0.25) is 0 Å². The maximum Gasteiger partial charge on any atom is 0.130 e. The zero-order valence-electron chi connectivity index (χ0n) is 42.8. The highest BCUT2D eigenvalue weighted by atomic mass is 19.1. The molecule has 12 radical (unpaired) electrons. The maximum atomic E-state index is 14.8. The van der Waals surface area contributed by atoms with Crippen molar-refractivity contribution >= 4 is 82.3 Å². The Balaban J connectivity index is 0.000000132. The van der Waals surface area contributed by atoms with Gasteiger partial charge in [0.2, 0.25) is 0 Å². The molecule has 6 aromatic carbocycles. The predicted octanol–water partition coefficient (Wildman–Crippen LogP) is -4.29. The van der Waals surface area contributed by atoms with Crippen LogP contribution in [0.5, 0.6) is 0 Å². The van der Waals surface area contributed by atoms with E-state index in [0.717, 1.165) is 5.56 Å². The third-order valence-corrected chi connectivity index (χ3v) is 14.0. The first-order valence-electron chi connectivity index (χ1n) is 25.2. The molecule has 27 heteroatoms. The van der Waals surface area contributed by atoms with Gasteiger partial charge in [0.05, 0.1) is 78.6 Å². The number of fused-ring (bicyclic) bond motifs is 6. The number of aryl methyl sites for hydroxylation is 1. The number of hydrogen-bond donors (Lipinski definition) is 0. The van der Waals surface area contributed by atoms with E-state index in [1.54, 1.807) is 14.3 Å². The number of nitrogens with zero attached hydrogens (tertiary/aromatic N) is 12. The SMILES string of the molecule is [B][B][B]c1c(F)cc(Cc2cc(F)c(CC)c3c2=NCN=3)c2c1=NCN=2.[B][B][B]c1cc(F)c(Cc2c(F)cc(CC)c3c2=NCN=3)c2c1=NCN=2.[B][B][B]c1cc(F)c(Cc2cc(F)c(CC)c3c2=NCN=3)c2c1=NCN=2. The molecule has 0 fully saturated rings. The summed E-state index contributed by atoms with van der Waals surface area (Å²) in [4.78, 5) is 52.0. The fourth-order valence-electron chi connectivity index (χ4n) is 10.5. The Labute approximate surface area is 451 Å². The number of halogens is 6. The normalized spacial score (nSPS) is 13.8. The fraction of sp³-hybridized carbons (Fsp3) is 0.294. The van der Waals surface area contributed by atoms with E-state index in [4.69, 9.17) is 23.2 Å². The monoisotopic (exact) mass is 1030 g/mol. The van der Waals surface area contributed by atoms with Crippen molar-refractivity contribution in [2.75, 3.05) is 40.0 Å². The Morgan fingerprint density at radius 3 is 1.06 bits per heavy atom. The third kappa shape index (κ3) is 10.3. The Morgan fingerprint density at radius 2 is 0.628 bits per heavy atom. The van der Waals surface area contributed by atoms with Crippen molar-refractivity contribution in [1.82, 2.24) is 0 Å². The largest absolute Gasteiger partial charge is 0.260 e. The molecular weight excluding hydrogens is 992 g/mol. The predicted molar refractivity (Wildman–Crippen MR) is 289 cm³/mol. The van der Waals surface area contributed by atoms with Crippen molar-refractivity contribution in [2.45, 2.75) is 59.3 Å². The lowest BCUT2D eigenvalue weighted by atomic mass is 9.26. The number of rotatable bonds is 15. The first-order valence-corrected chi connectivity index (χ1v) is 25.2. The summed E-state index contributed by atoms with van der Waals surface area (Å²) < 4.78 is 87.8. The molecule has 0 saturated heterocycles. The van der Waals surface area contributed by atoms with Gasteiger partial charge in [-0.25, -0.2) is 26.3 Å². The van der Waals surface area contributed by atoms with Crippen LogP contribution >= 0.6 is 0 Å². The summed E-state index contributed by atoms with van der Waals surface area (Å²) in [7, 11) is 24.9. The van der Waals surface area contributed by atoms with Crippen LogP contribution in [0.1, 0.15) is 70.8 Å². The van der Waals surface area contributed by atoms with Crippen LogP contribution < -0.4 is 80.7 Å². The molecule has 0 aliphatic carbocycles. The molecule has 0 spiro atoms. The van der Waals surface area contributed by atoms with Crippen LogP contribution in [0.3, 0.4) is 0 Å². The molecule has 0 atom stereocenters. The molecule has 0 bridgehead atoms. The second kappa shape index (κ2) is 23.6. The Morgan fingerprint density at radius 1 is 0.321 bits per heavy atom. The van der Waals surface area contributed by atoms with Crippen LogP contribution in [0.25, 0.3) is 0 Å². The van der Waals surface area contributed by atoms with Gasteiger partial charge in [0, 0.05) is 91.5 Å². The molecular formula is C51H39B9F6N12. The highest BCUT2D eigenvalue weighted by Crippen LogP contribution is 2.14. The summed E-state index contributed by atoms with van der Waals surface area (Å²) >= 11 is 0. The molecule has 6 heterocycles. The summed E-state index contributed by atoms with van der Waals surface area (Å²) in [6, 6.07) is 8.56. The summed E-state index contributed by atoms with van der Waals surface area (Å²) in [5, 5.41) is 7.07. The lowest BCUT2D eigenvalue weighted by molar-refractivity contribution is 0.593. The van der Waals surface area contributed by atoms with E-state index < -0.39 is 23.3 Å². The molecule has 0 N–H and O–H groups in total. The molecule has 0 amide bonds. The van der Waals surface area contributed by atoms with Crippen molar-refractivity contribution in [2.24, 2.45) is 59.9 Å². The molecule has 0 aromatic heterocycles. The minimum atomic E-state index is -0.458. The second-order valence-corrected chi connectivity index (χ2v) is 18.4. The zero-order chi connectivity index (χ0) is 54.8. The highest BCUT2D eigenvalue weighted by Gasteiger charge is 2.23. The Bertz CT molecular complexity index is 4320. The van der Waals surface area contributed by atoms with Crippen molar-refractivity contribution in [3.8, 4) is 0 Å². The van der Waals surface area contributed by atoms with E-state index in [1.165, 1.54) is 64.8 Å². The average Bonchev–Trinajstić information content (AvgIpc) is 4.44. The van der Waals surface area contributed by atoms with Crippen LogP contribution in [0, 0.1) is 34.9 Å². The molecule has 372 valence electrons. The van der Waals surface area contributed by atoms with Gasteiger partial charge in [-0.3, -0.25) is 59.9 Å². The molecule has 12 nitrogen and oxygen atoms in total. The van der Waals surface area contributed by atoms with Gasteiger partial charge >= 0.3 is 0 Å². The zero-order valence-corrected chi connectivity index (χ0v) is 42.8. The Hall–Kier alpha value is -6.92. The van der Waals surface area contributed by atoms with E-state index in [2.05, 4.69) is 59.9 Å². The fourth-order valence-corrected chi connectivity index (χ4v) is 10.5. The van der Waals surface area contributed by atoms with Gasteiger partial charge in [-0.1, -0.05) is 31.7 Å². The summed E-state index contributed by atoms with van der Waals surface area (Å²) in [6.45, 7) is 7.28. The van der Waals surface area contributed by atoms with Gasteiger partial charge in [-0.05, 0) is 83.4 Å². The van der Waals surface area contributed by atoms with Crippen molar-refractivity contribution in [3.63, 3.8) is 0 Å². The second-order valence-electron chi connectivity index (χ2n) is 18.4. The standard InChI is InChI=1S/3C17H13B3F2N4/c1-2-10-11(21)4-8(14-16(10)25-6-23-14)3-9-5-12(22)13(19-20-18)17-15(9)24-7-26-17;1-2-9-12(21)4-8(14-15(9)24-6-23-14)3-10-13(22)5-11(19-20-18)17-16(10)25-7-26-17;1-2-8-3-12(21)9(15-14(8)23-6-24-15)4-10-13(22)5-11(19-20-18)17-16(10)25-7-26-17/h2*4-5H,2-3,6-7H2,1H3;3,5H,2,4,6-7H2,1H3. The lowest BCUT2D eigenvalue weighted by Crippen LogP contribution is -2.47. The number of hydrogen-bond acceptors (Lipinski definition) is 12. The van der Waals surface area contributed by atoms with E-state index in [-0.39, 0.29) is 57.8 Å². The van der Waals surface area contributed by atoms with Crippen LogP contribution in [-0.4, -0.2) is 106 Å². The highest BCUT2D eigenvalue weighted by molar-refractivity contribution is 7.28. The maximum absolute atomic E-state index is 14.8. The van der Waals surface area contributed by atoms with E-state index >= 15 is 0 Å². The number of benzene rings is 6. The van der Waals surface area contributed by atoms with Crippen molar-refractivity contribution < 1.29 is 26.3 Å². The summed E-state index contributed by atoms with van der Waals surface area (Å²) in [5.41, 5.74) is 6.43. The smallest absolute Gasteiger partial charge is 0.130 e. The molecule has 6 aliphatic rings. The molecule has 78 heavy (non-hydrogen) atoms. The lowest BCUT2D eigenvalue weighted by Gasteiger charge is -2.09. The quantitative estimate of drug-likeness (QED) is 0.0725. The van der Waals surface area contributed by atoms with Gasteiger partial charge in [-0.15, -0.1) is 0 Å². The topological polar surface area (TPSA) is 148 Å². The van der Waals surface area contributed by atoms with Gasteiger partial charge in [0.1, 0.15) is 82.1 Å². The first kappa shape index (κ1) is 54.4. The molecule has 6 aliphatic heterocycles. The van der Waals surface area contributed by atoms with Crippen LogP contribution in [-0.2, 0) is 38.5 Å². The van der Waals surface area contributed by atoms with Gasteiger partial charge in [0.25, 0.3) is 0 Å². The van der Waals surface area contributed by atoms with Crippen molar-refractivity contribution in [1.29, 1.82) is 0 Å². The van der Waals surface area contributed by atoms with Crippen molar-refractivity contribution in [3.05, 3.63) is 186 Å².